The number of hydrogen-bond donors (Lipinski definition) is 0. The van der Waals surface area contributed by atoms with Crippen LogP contribution in [0.2, 0.25) is 0 Å². The summed E-state index contributed by atoms with van der Waals surface area (Å²) in [5, 5.41) is 10.6. The Kier molecular flexibility index (Phi) is 4.24. The van der Waals surface area contributed by atoms with Crippen LogP contribution in [-0.2, 0) is 9.59 Å². The third-order valence-electron chi connectivity index (χ3n) is 3.79. The van der Waals surface area contributed by atoms with Gasteiger partial charge in [0.1, 0.15) is 5.75 Å². The molecule has 1 saturated heterocycles. The number of hydrogen-bond acceptors (Lipinski definition) is 5. The van der Waals surface area contributed by atoms with Crippen molar-refractivity contribution in [1.29, 1.82) is 0 Å². The highest BCUT2D eigenvalue weighted by atomic mass is 16.6. The molecule has 0 bridgehead atoms. The zero-order chi connectivity index (χ0) is 17.1. The number of para-hydroxylation sites is 1. The largest absolute Gasteiger partial charge is 0.426 e. The van der Waals surface area contributed by atoms with Crippen molar-refractivity contribution in [1.82, 2.24) is 0 Å². The molecule has 0 radical (unpaired) electrons. The highest BCUT2D eigenvalue weighted by Gasteiger charge is 2.36. The van der Waals surface area contributed by atoms with E-state index in [9.17, 15) is 19.7 Å². The van der Waals surface area contributed by atoms with Crippen LogP contribution in [0.1, 0.15) is 6.42 Å². The molecule has 2 aromatic rings. The van der Waals surface area contributed by atoms with Crippen molar-refractivity contribution in [3.05, 3.63) is 64.7 Å². The molecular weight excluding hydrogens is 312 g/mol. The van der Waals surface area contributed by atoms with Gasteiger partial charge in [-0.15, -0.1) is 0 Å². The average Bonchev–Trinajstić information content (AvgIpc) is 2.98. The van der Waals surface area contributed by atoms with E-state index in [0.29, 0.717) is 0 Å². The van der Waals surface area contributed by atoms with Crippen molar-refractivity contribution in [2.24, 2.45) is 5.92 Å². The second-order valence-electron chi connectivity index (χ2n) is 5.41. The zero-order valence-electron chi connectivity index (χ0n) is 12.6. The second kappa shape index (κ2) is 6.49. The lowest BCUT2D eigenvalue weighted by Gasteiger charge is -2.16. The van der Waals surface area contributed by atoms with E-state index in [4.69, 9.17) is 4.74 Å². The Balaban J connectivity index is 1.66. The molecule has 3 rings (SSSR count). The Hall–Kier alpha value is -3.22. The lowest BCUT2D eigenvalue weighted by Crippen LogP contribution is -2.27. The van der Waals surface area contributed by atoms with Crippen molar-refractivity contribution < 1.29 is 19.2 Å². The summed E-state index contributed by atoms with van der Waals surface area (Å²) in [7, 11) is 0. The number of esters is 1. The van der Waals surface area contributed by atoms with E-state index < -0.39 is 16.8 Å². The van der Waals surface area contributed by atoms with Crippen molar-refractivity contribution in [2.75, 3.05) is 11.4 Å². The average molecular weight is 326 g/mol. The molecule has 0 spiro atoms. The van der Waals surface area contributed by atoms with E-state index in [1.165, 1.54) is 24.3 Å². The highest BCUT2D eigenvalue weighted by molar-refractivity contribution is 5.99. The number of carbonyl (C=O) groups is 2. The fourth-order valence-electron chi connectivity index (χ4n) is 2.56. The maximum absolute atomic E-state index is 12.2. The van der Waals surface area contributed by atoms with Gasteiger partial charge in [0.25, 0.3) is 5.69 Å². The van der Waals surface area contributed by atoms with Crippen LogP contribution in [0.5, 0.6) is 5.75 Å². The van der Waals surface area contributed by atoms with Crippen LogP contribution >= 0.6 is 0 Å². The van der Waals surface area contributed by atoms with Crippen molar-refractivity contribution in [2.45, 2.75) is 6.42 Å². The quantitative estimate of drug-likeness (QED) is 0.373. The number of nitro groups is 1. The van der Waals surface area contributed by atoms with Gasteiger partial charge in [0.2, 0.25) is 5.91 Å². The minimum atomic E-state index is -0.562. The van der Waals surface area contributed by atoms with E-state index in [-0.39, 0.29) is 30.3 Å². The molecule has 1 atom stereocenters. The second-order valence-corrected chi connectivity index (χ2v) is 5.41. The first-order valence-electron chi connectivity index (χ1n) is 7.36. The molecule has 1 fully saturated rings. The lowest BCUT2D eigenvalue weighted by molar-refractivity contribution is -0.384. The number of anilines is 1. The maximum Gasteiger partial charge on any atom is 0.316 e. The summed E-state index contributed by atoms with van der Waals surface area (Å²) >= 11 is 0. The minimum Gasteiger partial charge on any atom is -0.426 e. The third-order valence-corrected chi connectivity index (χ3v) is 3.79. The number of non-ortho nitro benzene ring substituents is 1. The molecule has 1 aliphatic heterocycles. The number of amides is 1. The van der Waals surface area contributed by atoms with E-state index in [2.05, 4.69) is 0 Å². The van der Waals surface area contributed by atoms with Gasteiger partial charge in [-0.2, -0.15) is 0 Å². The van der Waals surface area contributed by atoms with Gasteiger partial charge in [-0.25, -0.2) is 0 Å². The Morgan fingerprint density at radius 1 is 1.12 bits per heavy atom. The van der Waals surface area contributed by atoms with Crippen LogP contribution in [-0.4, -0.2) is 23.3 Å². The van der Waals surface area contributed by atoms with Gasteiger partial charge < -0.3 is 9.64 Å². The summed E-state index contributed by atoms with van der Waals surface area (Å²) in [6.07, 6.45) is 0.0840. The molecular formula is C17H14N2O5. The van der Waals surface area contributed by atoms with Gasteiger partial charge in [-0.1, -0.05) is 18.2 Å². The lowest BCUT2D eigenvalue weighted by atomic mass is 10.1. The molecule has 0 aromatic heterocycles. The fraction of sp³-hybridized carbons (Fsp3) is 0.176. The van der Waals surface area contributed by atoms with Gasteiger partial charge in [0, 0.05) is 30.8 Å². The van der Waals surface area contributed by atoms with Crippen LogP contribution in [0.15, 0.2) is 54.6 Å². The van der Waals surface area contributed by atoms with E-state index in [1.54, 1.807) is 4.90 Å². The SMILES string of the molecule is O=C(Oc1ccc([N+](=O)[O-])cc1)[C@@H]1CC(=O)N(c2ccccc2)C1. The molecule has 0 aliphatic carbocycles. The van der Waals surface area contributed by atoms with Crippen LogP contribution in [0.3, 0.4) is 0 Å². The normalized spacial score (nSPS) is 16.9. The monoisotopic (exact) mass is 326 g/mol. The van der Waals surface area contributed by atoms with Crippen molar-refractivity contribution in [3.63, 3.8) is 0 Å². The molecule has 0 saturated carbocycles. The Labute approximate surface area is 137 Å². The number of nitrogens with zero attached hydrogens (tertiary/aromatic N) is 2. The third kappa shape index (κ3) is 3.24. The van der Waals surface area contributed by atoms with Crippen LogP contribution in [0, 0.1) is 16.0 Å². The Bertz CT molecular complexity index is 773. The molecule has 7 heteroatoms. The first-order chi connectivity index (χ1) is 11.5. The minimum absolute atomic E-state index is 0.0823. The summed E-state index contributed by atoms with van der Waals surface area (Å²) in [6, 6.07) is 14.4. The predicted octanol–water partition coefficient (Wildman–Crippen LogP) is 2.55. The fourth-order valence-corrected chi connectivity index (χ4v) is 2.56. The Morgan fingerprint density at radius 2 is 1.79 bits per heavy atom. The smallest absolute Gasteiger partial charge is 0.316 e. The molecule has 24 heavy (non-hydrogen) atoms. The van der Waals surface area contributed by atoms with E-state index in [0.717, 1.165) is 5.69 Å². The number of benzene rings is 2. The summed E-state index contributed by atoms with van der Waals surface area (Å²) in [4.78, 5) is 36.0. The highest BCUT2D eigenvalue weighted by Crippen LogP contribution is 2.26. The van der Waals surface area contributed by atoms with Crippen LogP contribution in [0.4, 0.5) is 11.4 Å². The number of nitro benzene ring substituents is 1. The molecule has 7 nitrogen and oxygen atoms in total. The van der Waals surface area contributed by atoms with Crippen LogP contribution in [0.25, 0.3) is 0 Å². The Morgan fingerprint density at radius 3 is 2.42 bits per heavy atom. The molecule has 2 aromatic carbocycles. The molecule has 0 unspecified atom stereocenters. The number of rotatable bonds is 4. The summed E-state index contributed by atoms with van der Waals surface area (Å²) < 4.78 is 5.23. The van der Waals surface area contributed by atoms with E-state index in [1.807, 2.05) is 30.3 Å². The number of ether oxygens (including phenoxy) is 1. The van der Waals surface area contributed by atoms with Crippen molar-refractivity contribution in [3.8, 4) is 5.75 Å². The molecule has 0 N–H and O–H groups in total. The van der Waals surface area contributed by atoms with Crippen molar-refractivity contribution >= 4 is 23.3 Å². The molecule has 1 aliphatic rings. The predicted molar refractivity (Wildman–Crippen MR) is 85.6 cm³/mol. The molecule has 122 valence electrons. The molecule has 1 amide bonds. The van der Waals surface area contributed by atoms with Gasteiger partial charge in [-0.3, -0.25) is 19.7 Å². The standard InChI is InChI=1S/C17H14N2O5/c20-16-10-12(11-18(16)13-4-2-1-3-5-13)17(21)24-15-8-6-14(7-9-15)19(22)23/h1-9,12H,10-11H2/t12-/m1/s1. The summed E-state index contributed by atoms with van der Waals surface area (Å²) in [6.45, 7) is 0.259. The number of carbonyl (C=O) groups excluding carboxylic acids is 2. The van der Waals surface area contributed by atoms with Gasteiger partial charge in [-0.05, 0) is 24.3 Å². The first kappa shape index (κ1) is 15.7. The van der Waals surface area contributed by atoms with Gasteiger partial charge >= 0.3 is 5.97 Å². The molecule has 1 heterocycles. The summed E-state index contributed by atoms with van der Waals surface area (Å²) in [5.74, 6) is -0.994. The van der Waals surface area contributed by atoms with E-state index >= 15 is 0 Å². The van der Waals surface area contributed by atoms with Gasteiger partial charge in [0.15, 0.2) is 0 Å². The topological polar surface area (TPSA) is 89.7 Å². The first-order valence-corrected chi connectivity index (χ1v) is 7.36. The maximum atomic E-state index is 12.2. The zero-order valence-corrected chi connectivity index (χ0v) is 12.6. The summed E-state index contributed by atoms with van der Waals surface area (Å²) in [5.41, 5.74) is 0.661. The van der Waals surface area contributed by atoms with Gasteiger partial charge in [0.05, 0.1) is 10.8 Å². The van der Waals surface area contributed by atoms with Crippen LogP contribution < -0.4 is 9.64 Å².